The second-order valence-electron chi connectivity index (χ2n) is 4.62. The molecule has 0 bridgehead atoms. The Morgan fingerprint density at radius 2 is 2.22 bits per heavy atom. The molecular weight excluding hydrogens is 236 g/mol. The molecule has 104 valence electrons. The van der Waals surface area contributed by atoms with Crippen molar-refractivity contribution in [3.63, 3.8) is 0 Å². The number of nitrogens with zero attached hydrogens (tertiary/aromatic N) is 1. The van der Waals surface area contributed by atoms with Crippen LogP contribution in [0.3, 0.4) is 0 Å². The Bertz CT molecular complexity index is 308. The lowest BCUT2D eigenvalue weighted by Gasteiger charge is -2.24. The summed E-state index contributed by atoms with van der Waals surface area (Å²) in [5.41, 5.74) is 0. The number of carboxylic acids is 1. The van der Waals surface area contributed by atoms with E-state index in [9.17, 15) is 9.59 Å². The van der Waals surface area contributed by atoms with E-state index in [4.69, 9.17) is 9.84 Å². The van der Waals surface area contributed by atoms with Crippen LogP contribution in [0.15, 0.2) is 0 Å². The van der Waals surface area contributed by atoms with Crippen molar-refractivity contribution < 1.29 is 19.4 Å². The number of nitrogens with one attached hydrogen (secondary N) is 1. The minimum absolute atomic E-state index is 0.0351. The Hall–Kier alpha value is -1.30. The van der Waals surface area contributed by atoms with Gasteiger partial charge in [-0.25, -0.2) is 4.79 Å². The number of urea groups is 1. The maximum absolute atomic E-state index is 11.9. The summed E-state index contributed by atoms with van der Waals surface area (Å²) in [5, 5.41) is 11.8. The number of carbonyl (C=O) groups excluding carboxylic acids is 1. The molecule has 1 saturated heterocycles. The fourth-order valence-electron chi connectivity index (χ4n) is 2.23. The molecule has 0 aromatic rings. The smallest absolute Gasteiger partial charge is 0.317 e. The Morgan fingerprint density at radius 1 is 1.56 bits per heavy atom. The topological polar surface area (TPSA) is 78.9 Å². The van der Waals surface area contributed by atoms with E-state index in [0.717, 1.165) is 0 Å². The fourth-order valence-corrected chi connectivity index (χ4v) is 2.23. The molecule has 1 aliphatic rings. The normalized spacial score (nSPS) is 24.9. The van der Waals surface area contributed by atoms with Crippen LogP contribution in [0.4, 0.5) is 4.79 Å². The average molecular weight is 258 g/mol. The molecule has 3 unspecified atom stereocenters. The van der Waals surface area contributed by atoms with Crippen LogP contribution in [-0.2, 0) is 9.53 Å². The van der Waals surface area contributed by atoms with Gasteiger partial charge >= 0.3 is 12.0 Å². The first-order valence-electron chi connectivity index (χ1n) is 6.36. The predicted octanol–water partition coefficient (Wildman–Crippen LogP) is 0.916. The number of carboxylic acid groups (broad SMARTS) is 1. The molecular formula is C12H22N2O4. The van der Waals surface area contributed by atoms with Gasteiger partial charge in [-0.1, -0.05) is 0 Å². The molecule has 6 heteroatoms. The first-order valence-corrected chi connectivity index (χ1v) is 6.36. The van der Waals surface area contributed by atoms with Gasteiger partial charge in [0.15, 0.2) is 0 Å². The standard InChI is InChI=1S/C12H22N2O4/c1-4-18-8(2)7-13-12(17)14-6-5-10(9(14)3)11(15)16/h8-10H,4-7H2,1-3H3,(H,13,17)(H,15,16). The van der Waals surface area contributed by atoms with Crippen LogP contribution in [0.2, 0.25) is 0 Å². The van der Waals surface area contributed by atoms with Crippen LogP contribution in [0, 0.1) is 5.92 Å². The zero-order chi connectivity index (χ0) is 13.7. The van der Waals surface area contributed by atoms with Crippen LogP contribution in [0.1, 0.15) is 27.2 Å². The molecule has 18 heavy (non-hydrogen) atoms. The molecule has 3 atom stereocenters. The molecule has 1 aliphatic heterocycles. The summed E-state index contributed by atoms with van der Waals surface area (Å²) in [5.74, 6) is -1.29. The van der Waals surface area contributed by atoms with Crippen LogP contribution in [0.25, 0.3) is 0 Å². The maximum Gasteiger partial charge on any atom is 0.317 e. The molecule has 1 fully saturated rings. The summed E-state index contributed by atoms with van der Waals surface area (Å²) < 4.78 is 5.31. The van der Waals surface area contributed by atoms with E-state index in [2.05, 4.69) is 5.32 Å². The van der Waals surface area contributed by atoms with Crippen molar-refractivity contribution in [2.24, 2.45) is 5.92 Å². The van der Waals surface area contributed by atoms with Gasteiger partial charge in [0.2, 0.25) is 0 Å². The summed E-state index contributed by atoms with van der Waals surface area (Å²) in [4.78, 5) is 24.4. The van der Waals surface area contributed by atoms with Crippen molar-refractivity contribution >= 4 is 12.0 Å². The number of rotatable bonds is 5. The molecule has 6 nitrogen and oxygen atoms in total. The number of likely N-dealkylation sites (tertiary alicyclic amines) is 1. The van der Waals surface area contributed by atoms with Crippen LogP contribution >= 0.6 is 0 Å². The highest BCUT2D eigenvalue weighted by molar-refractivity contribution is 5.78. The Kier molecular flexibility index (Phi) is 5.40. The summed E-state index contributed by atoms with van der Waals surface area (Å²) in [6.07, 6.45) is 0.484. The van der Waals surface area contributed by atoms with Crippen molar-refractivity contribution in [2.45, 2.75) is 39.3 Å². The predicted molar refractivity (Wildman–Crippen MR) is 66.4 cm³/mol. The van der Waals surface area contributed by atoms with Crippen molar-refractivity contribution in [1.82, 2.24) is 10.2 Å². The van der Waals surface area contributed by atoms with Gasteiger partial charge in [0.05, 0.1) is 12.0 Å². The number of carbonyl (C=O) groups is 2. The van der Waals surface area contributed by atoms with Gasteiger partial charge in [0.25, 0.3) is 0 Å². The lowest BCUT2D eigenvalue weighted by atomic mass is 10.0. The van der Waals surface area contributed by atoms with Crippen LogP contribution < -0.4 is 5.32 Å². The Morgan fingerprint density at radius 3 is 2.72 bits per heavy atom. The highest BCUT2D eigenvalue weighted by Gasteiger charge is 2.38. The van der Waals surface area contributed by atoms with E-state index >= 15 is 0 Å². The number of aliphatic carboxylic acids is 1. The van der Waals surface area contributed by atoms with E-state index in [1.54, 1.807) is 11.8 Å². The van der Waals surface area contributed by atoms with E-state index in [1.807, 2.05) is 13.8 Å². The van der Waals surface area contributed by atoms with Crippen molar-refractivity contribution in [3.05, 3.63) is 0 Å². The van der Waals surface area contributed by atoms with E-state index in [1.165, 1.54) is 0 Å². The largest absolute Gasteiger partial charge is 0.481 e. The fraction of sp³-hybridized carbons (Fsp3) is 0.833. The molecule has 2 amide bonds. The first kappa shape index (κ1) is 14.8. The number of hydrogen-bond donors (Lipinski definition) is 2. The highest BCUT2D eigenvalue weighted by atomic mass is 16.5. The van der Waals surface area contributed by atoms with Gasteiger partial charge < -0.3 is 20.1 Å². The second kappa shape index (κ2) is 6.58. The third-order valence-corrected chi connectivity index (χ3v) is 3.32. The molecule has 2 N–H and O–H groups in total. The summed E-state index contributed by atoms with van der Waals surface area (Å²) in [6, 6.07) is -0.470. The minimum atomic E-state index is -0.833. The van der Waals surface area contributed by atoms with Gasteiger partial charge in [0.1, 0.15) is 0 Å². The van der Waals surface area contributed by atoms with Crippen molar-refractivity contribution in [2.75, 3.05) is 19.7 Å². The zero-order valence-electron chi connectivity index (χ0n) is 11.2. The maximum atomic E-state index is 11.9. The Labute approximate surface area is 107 Å². The van der Waals surface area contributed by atoms with E-state index in [0.29, 0.717) is 26.1 Å². The summed E-state index contributed by atoms with van der Waals surface area (Å²) in [7, 11) is 0. The van der Waals surface area contributed by atoms with Crippen molar-refractivity contribution in [1.29, 1.82) is 0 Å². The SMILES string of the molecule is CCOC(C)CNC(=O)N1CCC(C(=O)O)C1C. The summed E-state index contributed by atoms with van der Waals surface area (Å²) >= 11 is 0. The highest BCUT2D eigenvalue weighted by Crippen LogP contribution is 2.24. The third kappa shape index (κ3) is 3.60. The van der Waals surface area contributed by atoms with Gasteiger partial charge in [-0.3, -0.25) is 4.79 Å². The first-order chi connectivity index (χ1) is 8.47. The molecule has 0 aliphatic carbocycles. The molecule has 0 radical (unpaired) electrons. The molecule has 0 aromatic carbocycles. The van der Waals surface area contributed by atoms with Gasteiger partial charge in [-0.05, 0) is 27.2 Å². The zero-order valence-corrected chi connectivity index (χ0v) is 11.2. The number of hydrogen-bond acceptors (Lipinski definition) is 3. The van der Waals surface area contributed by atoms with Crippen LogP contribution in [-0.4, -0.2) is 53.8 Å². The van der Waals surface area contributed by atoms with E-state index in [-0.39, 0.29) is 18.2 Å². The average Bonchev–Trinajstić information content (AvgIpc) is 2.68. The van der Waals surface area contributed by atoms with Crippen molar-refractivity contribution in [3.8, 4) is 0 Å². The van der Waals surface area contributed by atoms with Crippen LogP contribution in [0.5, 0.6) is 0 Å². The van der Waals surface area contributed by atoms with E-state index < -0.39 is 11.9 Å². The molecule has 0 saturated carbocycles. The lowest BCUT2D eigenvalue weighted by Crippen LogP contribution is -2.45. The third-order valence-electron chi connectivity index (χ3n) is 3.32. The quantitative estimate of drug-likeness (QED) is 0.768. The number of amides is 2. The lowest BCUT2D eigenvalue weighted by molar-refractivity contribution is -0.142. The minimum Gasteiger partial charge on any atom is -0.481 e. The molecule has 0 aromatic heterocycles. The Balaban J connectivity index is 2.41. The van der Waals surface area contributed by atoms with Gasteiger partial charge in [0, 0.05) is 25.7 Å². The molecule has 1 rings (SSSR count). The number of ether oxygens (including phenoxy) is 1. The van der Waals surface area contributed by atoms with Gasteiger partial charge in [-0.15, -0.1) is 0 Å². The second-order valence-corrected chi connectivity index (χ2v) is 4.62. The van der Waals surface area contributed by atoms with Gasteiger partial charge in [-0.2, -0.15) is 0 Å². The molecule has 0 spiro atoms. The molecule has 1 heterocycles. The summed E-state index contributed by atoms with van der Waals surface area (Å²) in [6.45, 7) is 7.10. The monoisotopic (exact) mass is 258 g/mol.